The molecule has 0 unspecified atom stereocenters. The van der Waals surface area contributed by atoms with E-state index in [1.165, 1.54) is 40.3 Å². The lowest BCUT2D eigenvalue weighted by Crippen LogP contribution is -2.32. The monoisotopic (exact) mass is 467 g/mol. The van der Waals surface area contributed by atoms with Gasteiger partial charge >= 0.3 is 0 Å². The Hall–Kier alpha value is -3.70. The minimum atomic E-state index is -0.605. The van der Waals surface area contributed by atoms with E-state index in [4.69, 9.17) is 0 Å². The molecule has 9 nitrogen and oxygen atoms in total. The van der Waals surface area contributed by atoms with E-state index in [9.17, 15) is 19.7 Å². The predicted molar refractivity (Wildman–Crippen MR) is 123 cm³/mol. The van der Waals surface area contributed by atoms with Gasteiger partial charge in [-0.2, -0.15) is 5.10 Å². The van der Waals surface area contributed by atoms with Crippen molar-refractivity contribution in [2.75, 3.05) is 6.54 Å². The number of nitrogens with zero attached hydrogens (tertiary/aromatic N) is 4. The first kappa shape index (κ1) is 21.5. The second kappa shape index (κ2) is 9.20. The smallest absolute Gasteiger partial charge is 0.282 e. The zero-order chi connectivity index (χ0) is 22.7. The van der Waals surface area contributed by atoms with Gasteiger partial charge in [0.1, 0.15) is 16.3 Å². The lowest BCUT2D eigenvalue weighted by atomic mass is 10.1. The van der Waals surface area contributed by atoms with E-state index in [2.05, 4.69) is 15.4 Å². The minimum absolute atomic E-state index is 0.0343. The first-order chi connectivity index (χ1) is 15.4. The van der Waals surface area contributed by atoms with Crippen LogP contribution in [-0.2, 0) is 6.54 Å². The largest absolute Gasteiger partial charge is 0.350 e. The summed E-state index contributed by atoms with van der Waals surface area (Å²) in [6, 6.07) is 12.8. The Bertz CT molecular complexity index is 1340. The van der Waals surface area contributed by atoms with Crippen LogP contribution in [0, 0.1) is 17.0 Å². The number of hydrogen-bond acceptors (Lipinski definition) is 8. The van der Waals surface area contributed by atoms with Crippen LogP contribution in [0.1, 0.15) is 16.1 Å². The highest BCUT2D eigenvalue weighted by Gasteiger charge is 2.19. The topological polar surface area (TPSA) is 120 Å². The molecule has 3 aromatic heterocycles. The van der Waals surface area contributed by atoms with E-state index < -0.39 is 10.8 Å². The minimum Gasteiger partial charge on any atom is -0.350 e. The van der Waals surface area contributed by atoms with Crippen molar-refractivity contribution in [1.29, 1.82) is 0 Å². The van der Waals surface area contributed by atoms with E-state index >= 15 is 0 Å². The van der Waals surface area contributed by atoms with Gasteiger partial charge in [0, 0.05) is 18.7 Å². The first-order valence-electron chi connectivity index (χ1n) is 9.55. The number of para-hydroxylation sites is 1. The van der Waals surface area contributed by atoms with E-state index in [-0.39, 0.29) is 29.9 Å². The second-order valence-corrected chi connectivity index (χ2v) is 8.67. The fraction of sp³-hybridized carbons (Fsp3) is 0.143. The van der Waals surface area contributed by atoms with Gasteiger partial charge < -0.3 is 5.32 Å². The summed E-state index contributed by atoms with van der Waals surface area (Å²) in [5.41, 5.74) is 0.819. The number of thiazole rings is 1. The molecule has 11 heteroatoms. The summed E-state index contributed by atoms with van der Waals surface area (Å²) in [5.74, 6) is -0.583. The van der Waals surface area contributed by atoms with E-state index in [0.717, 1.165) is 20.5 Å². The van der Waals surface area contributed by atoms with Crippen molar-refractivity contribution in [3.63, 3.8) is 0 Å². The fourth-order valence-electron chi connectivity index (χ4n) is 3.07. The number of carbonyl (C=O) groups is 1. The van der Waals surface area contributed by atoms with Gasteiger partial charge in [0.05, 0.1) is 26.9 Å². The SMILES string of the molecule is Cc1nc(-c2cccs2)sc1-c1ccc(=O)n(CCNC(=O)c2ccccc2[N+](=O)[O-])n1. The molecule has 0 aliphatic heterocycles. The van der Waals surface area contributed by atoms with Crippen molar-refractivity contribution >= 4 is 34.3 Å². The number of amides is 1. The van der Waals surface area contributed by atoms with Gasteiger partial charge in [0.25, 0.3) is 17.2 Å². The molecule has 4 rings (SSSR count). The van der Waals surface area contributed by atoms with Crippen molar-refractivity contribution in [3.05, 3.63) is 85.6 Å². The molecule has 3 heterocycles. The molecule has 1 N–H and O–H groups in total. The van der Waals surface area contributed by atoms with Crippen LogP contribution in [0.3, 0.4) is 0 Å². The highest BCUT2D eigenvalue weighted by atomic mass is 32.1. The number of thiophene rings is 1. The third kappa shape index (κ3) is 4.48. The number of benzene rings is 1. The summed E-state index contributed by atoms with van der Waals surface area (Å²) in [4.78, 5) is 41.7. The number of hydrogen-bond donors (Lipinski definition) is 1. The van der Waals surface area contributed by atoms with Crippen molar-refractivity contribution < 1.29 is 9.72 Å². The van der Waals surface area contributed by atoms with Gasteiger partial charge in [-0.1, -0.05) is 18.2 Å². The molecule has 32 heavy (non-hydrogen) atoms. The van der Waals surface area contributed by atoms with Crippen LogP contribution in [0.2, 0.25) is 0 Å². The zero-order valence-corrected chi connectivity index (χ0v) is 18.5. The van der Waals surface area contributed by atoms with Crippen molar-refractivity contribution in [1.82, 2.24) is 20.1 Å². The molecule has 162 valence electrons. The van der Waals surface area contributed by atoms with Crippen LogP contribution < -0.4 is 10.9 Å². The molecule has 0 fully saturated rings. The molecule has 0 radical (unpaired) electrons. The highest BCUT2D eigenvalue weighted by molar-refractivity contribution is 7.23. The third-order valence-electron chi connectivity index (χ3n) is 4.58. The molecule has 4 aromatic rings. The van der Waals surface area contributed by atoms with Crippen LogP contribution in [0.4, 0.5) is 5.69 Å². The number of rotatable bonds is 7. The maximum atomic E-state index is 12.4. The molecular weight excluding hydrogens is 450 g/mol. The molecule has 0 bridgehead atoms. The number of carbonyl (C=O) groups excluding carboxylic acids is 1. The number of nitro groups is 1. The van der Waals surface area contributed by atoms with Gasteiger partial charge in [0.15, 0.2) is 0 Å². The van der Waals surface area contributed by atoms with Crippen molar-refractivity contribution in [2.45, 2.75) is 13.5 Å². The Labute approximate surface area is 190 Å². The Morgan fingerprint density at radius 1 is 1.19 bits per heavy atom. The lowest BCUT2D eigenvalue weighted by Gasteiger charge is -2.08. The first-order valence-corrected chi connectivity index (χ1v) is 11.2. The van der Waals surface area contributed by atoms with Crippen LogP contribution in [-0.4, -0.2) is 32.1 Å². The molecule has 0 aliphatic carbocycles. The maximum Gasteiger partial charge on any atom is 0.282 e. The average molecular weight is 468 g/mol. The lowest BCUT2D eigenvalue weighted by molar-refractivity contribution is -0.385. The fourth-order valence-corrected chi connectivity index (χ4v) is 4.89. The Balaban J connectivity index is 1.49. The number of nitro benzene ring substituents is 1. The molecule has 0 atom stereocenters. The van der Waals surface area contributed by atoms with Gasteiger partial charge in [-0.15, -0.1) is 22.7 Å². The van der Waals surface area contributed by atoms with Gasteiger partial charge in [-0.25, -0.2) is 9.67 Å². The molecule has 1 aromatic carbocycles. The van der Waals surface area contributed by atoms with Crippen LogP contribution in [0.25, 0.3) is 20.5 Å². The standard InChI is InChI=1S/C21H17N5O4S2/c1-13-19(32-21(23-13)17-7-4-12-31-17)15-8-9-18(27)25(24-15)11-10-22-20(28)14-5-2-3-6-16(14)26(29)30/h2-9,12H,10-11H2,1H3,(H,22,28). The van der Waals surface area contributed by atoms with Gasteiger partial charge in [-0.3, -0.25) is 19.7 Å². The third-order valence-corrected chi connectivity index (χ3v) is 6.80. The van der Waals surface area contributed by atoms with E-state index in [1.54, 1.807) is 23.5 Å². The maximum absolute atomic E-state index is 12.4. The molecule has 0 saturated carbocycles. The number of nitrogens with one attached hydrogen (secondary N) is 1. The number of aromatic nitrogens is 3. The zero-order valence-electron chi connectivity index (χ0n) is 16.8. The molecule has 0 aliphatic rings. The average Bonchev–Trinajstić information content (AvgIpc) is 3.45. The quantitative estimate of drug-likeness (QED) is 0.327. The molecule has 0 spiro atoms. The number of aryl methyl sites for hydroxylation is 1. The Kier molecular flexibility index (Phi) is 6.19. The summed E-state index contributed by atoms with van der Waals surface area (Å²) >= 11 is 3.11. The van der Waals surface area contributed by atoms with E-state index in [1.807, 2.05) is 24.4 Å². The van der Waals surface area contributed by atoms with Crippen LogP contribution in [0.15, 0.2) is 58.7 Å². The Morgan fingerprint density at radius 2 is 2.00 bits per heavy atom. The summed E-state index contributed by atoms with van der Waals surface area (Å²) in [7, 11) is 0. The highest BCUT2D eigenvalue weighted by Crippen LogP contribution is 2.35. The molecule has 0 saturated heterocycles. The normalized spacial score (nSPS) is 10.8. The second-order valence-electron chi connectivity index (χ2n) is 6.72. The summed E-state index contributed by atoms with van der Waals surface area (Å²) in [5, 5.41) is 21.0. The Morgan fingerprint density at radius 3 is 2.75 bits per heavy atom. The van der Waals surface area contributed by atoms with Crippen molar-refractivity contribution in [2.24, 2.45) is 0 Å². The van der Waals surface area contributed by atoms with E-state index in [0.29, 0.717) is 5.69 Å². The van der Waals surface area contributed by atoms with Crippen LogP contribution in [0.5, 0.6) is 0 Å². The summed E-state index contributed by atoms with van der Waals surface area (Å²) in [6.07, 6.45) is 0. The molecule has 1 amide bonds. The van der Waals surface area contributed by atoms with Gasteiger partial charge in [-0.05, 0) is 30.5 Å². The molecular formula is C21H17N5O4S2. The predicted octanol–water partition coefficient (Wildman–Crippen LogP) is 3.74. The van der Waals surface area contributed by atoms with Crippen molar-refractivity contribution in [3.8, 4) is 20.5 Å². The van der Waals surface area contributed by atoms with Crippen LogP contribution >= 0.6 is 22.7 Å². The summed E-state index contributed by atoms with van der Waals surface area (Å²) < 4.78 is 1.26. The van der Waals surface area contributed by atoms with Gasteiger partial charge in [0.2, 0.25) is 0 Å². The summed E-state index contributed by atoms with van der Waals surface area (Å²) in [6.45, 7) is 2.10.